The maximum absolute atomic E-state index is 15.0. The highest BCUT2D eigenvalue weighted by atomic mass is 19.1. The SMILES string of the molecule is Cn1cncc1CNC(=O)c1c[nH]c2nccc(Oc3c(F)cc(NC4=NC[C@](C)(CO)CO4)cc3F)c12. The normalized spacial score (nSPS) is 17.1. The number of benzene rings is 1. The van der Waals surface area contributed by atoms with Gasteiger partial charge in [0, 0.05) is 48.9 Å². The fourth-order valence-electron chi connectivity index (χ4n) is 3.84. The van der Waals surface area contributed by atoms with Gasteiger partial charge in [0.1, 0.15) is 18.0 Å². The van der Waals surface area contributed by atoms with Crippen LogP contribution in [0.15, 0.2) is 48.1 Å². The van der Waals surface area contributed by atoms with Gasteiger partial charge in [-0.15, -0.1) is 0 Å². The molecule has 4 heterocycles. The van der Waals surface area contributed by atoms with Crippen molar-refractivity contribution in [3.05, 3.63) is 66.0 Å². The molecule has 0 radical (unpaired) electrons. The van der Waals surface area contributed by atoms with Crippen LogP contribution in [-0.2, 0) is 18.3 Å². The third kappa shape index (κ3) is 5.00. The molecule has 198 valence electrons. The molecule has 38 heavy (non-hydrogen) atoms. The third-order valence-electron chi connectivity index (χ3n) is 6.13. The van der Waals surface area contributed by atoms with Crippen molar-refractivity contribution >= 4 is 28.6 Å². The molecule has 5 rings (SSSR count). The Bertz CT molecular complexity index is 1510. The Morgan fingerprint density at radius 3 is 2.79 bits per heavy atom. The number of pyridine rings is 1. The number of aromatic amines is 1. The number of aryl methyl sites for hydroxylation is 1. The van der Waals surface area contributed by atoms with Gasteiger partial charge in [0.05, 0.1) is 42.7 Å². The Balaban J connectivity index is 1.36. The zero-order valence-corrected chi connectivity index (χ0v) is 20.6. The predicted octanol–water partition coefficient (Wildman–Crippen LogP) is 3.09. The number of fused-ring (bicyclic) bond motifs is 1. The number of ether oxygens (including phenoxy) is 2. The molecule has 1 aliphatic heterocycles. The molecule has 4 aromatic rings. The van der Waals surface area contributed by atoms with E-state index in [2.05, 4.69) is 30.6 Å². The third-order valence-corrected chi connectivity index (χ3v) is 6.13. The van der Waals surface area contributed by atoms with Gasteiger partial charge < -0.3 is 34.8 Å². The topological polar surface area (TPSA) is 139 Å². The van der Waals surface area contributed by atoms with Gasteiger partial charge in [0.2, 0.25) is 0 Å². The average molecular weight is 526 g/mol. The summed E-state index contributed by atoms with van der Waals surface area (Å²) in [5.41, 5.74) is 0.858. The minimum Gasteiger partial charge on any atom is -0.464 e. The number of aliphatic hydroxyl groups is 1. The molecule has 0 unspecified atom stereocenters. The van der Waals surface area contributed by atoms with Gasteiger partial charge in [-0.1, -0.05) is 6.92 Å². The van der Waals surface area contributed by atoms with Crippen LogP contribution in [0.25, 0.3) is 11.0 Å². The molecule has 11 nitrogen and oxygen atoms in total. The van der Waals surface area contributed by atoms with Gasteiger partial charge in [-0.05, 0) is 6.07 Å². The highest BCUT2D eigenvalue weighted by molar-refractivity contribution is 6.08. The molecule has 1 aromatic carbocycles. The summed E-state index contributed by atoms with van der Waals surface area (Å²) in [4.78, 5) is 28.2. The minimum atomic E-state index is -0.980. The van der Waals surface area contributed by atoms with Crippen molar-refractivity contribution in [1.29, 1.82) is 0 Å². The number of halogens is 2. The Morgan fingerprint density at radius 1 is 1.34 bits per heavy atom. The summed E-state index contributed by atoms with van der Waals surface area (Å²) in [6.07, 6.45) is 6.11. The lowest BCUT2D eigenvalue weighted by atomic mass is 9.93. The fraction of sp³-hybridized carbons (Fsp3) is 0.280. The van der Waals surface area contributed by atoms with Crippen LogP contribution in [-0.4, -0.2) is 56.3 Å². The van der Waals surface area contributed by atoms with Gasteiger partial charge >= 0.3 is 0 Å². The minimum absolute atomic E-state index is 0.0451. The van der Waals surface area contributed by atoms with E-state index in [4.69, 9.17) is 9.47 Å². The molecule has 1 amide bonds. The molecular weight excluding hydrogens is 500 g/mol. The second-order valence-electron chi connectivity index (χ2n) is 9.29. The van der Waals surface area contributed by atoms with Crippen LogP contribution in [0.3, 0.4) is 0 Å². The quantitative estimate of drug-likeness (QED) is 0.291. The Morgan fingerprint density at radius 2 is 2.13 bits per heavy atom. The van der Waals surface area contributed by atoms with Crippen LogP contribution < -0.4 is 15.4 Å². The van der Waals surface area contributed by atoms with Crippen LogP contribution in [0.5, 0.6) is 11.5 Å². The number of carbonyl (C=O) groups is 1. The van der Waals surface area contributed by atoms with E-state index in [1.54, 1.807) is 17.1 Å². The van der Waals surface area contributed by atoms with E-state index < -0.39 is 28.7 Å². The first-order valence-electron chi connectivity index (χ1n) is 11.7. The molecule has 4 N–H and O–H groups in total. The molecule has 0 fully saturated rings. The summed E-state index contributed by atoms with van der Waals surface area (Å²) in [5.74, 6) is -2.99. The number of nitrogens with one attached hydrogen (secondary N) is 3. The van der Waals surface area contributed by atoms with E-state index in [1.807, 2.05) is 14.0 Å². The van der Waals surface area contributed by atoms with Crippen molar-refractivity contribution in [1.82, 2.24) is 24.8 Å². The second kappa shape index (κ2) is 10.1. The molecule has 0 spiro atoms. The molecule has 1 aliphatic rings. The van der Waals surface area contributed by atoms with E-state index in [9.17, 15) is 18.7 Å². The van der Waals surface area contributed by atoms with Crippen LogP contribution in [0.4, 0.5) is 14.5 Å². The zero-order valence-electron chi connectivity index (χ0n) is 20.6. The first-order valence-corrected chi connectivity index (χ1v) is 11.7. The van der Waals surface area contributed by atoms with Gasteiger partial charge in [-0.3, -0.25) is 4.79 Å². The number of nitrogens with zero attached hydrogens (tertiary/aromatic N) is 4. The molecule has 0 saturated heterocycles. The highest BCUT2D eigenvalue weighted by Crippen LogP contribution is 2.35. The van der Waals surface area contributed by atoms with E-state index in [1.165, 1.54) is 18.5 Å². The van der Waals surface area contributed by atoms with Gasteiger partial charge in [0.25, 0.3) is 11.9 Å². The summed E-state index contributed by atoms with van der Waals surface area (Å²) < 4.78 is 42.9. The van der Waals surface area contributed by atoms with E-state index in [0.717, 1.165) is 17.8 Å². The Hall–Kier alpha value is -4.52. The van der Waals surface area contributed by atoms with Crippen LogP contribution in [0.2, 0.25) is 0 Å². The number of hydrogen-bond donors (Lipinski definition) is 4. The highest BCUT2D eigenvalue weighted by Gasteiger charge is 2.29. The lowest BCUT2D eigenvalue weighted by molar-refractivity contribution is 0.0706. The summed E-state index contributed by atoms with van der Waals surface area (Å²) >= 11 is 0. The molecule has 0 saturated carbocycles. The number of rotatable bonds is 7. The number of aliphatic imine (C=N–C) groups is 1. The Labute approximate surface area is 215 Å². The fourth-order valence-corrected chi connectivity index (χ4v) is 3.84. The van der Waals surface area contributed by atoms with Crippen molar-refractivity contribution in [2.45, 2.75) is 13.5 Å². The summed E-state index contributed by atoms with van der Waals surface area (Å²) in [6, 6.07) is 3.60. The molecule has 13 heteroatoms. The second-order valence-corrected chi connectivity index (χ2v) is 9.29. The van der Waals surface area contributed by atoms with Crippen LogP contribution in [0.1, 0.15) is 23.0 Å². The smallest absolute Gasteiger partial charge is 0.289 e. The van der Waals surface area contributed by atoms with E-state index in [-0.39, 0.29) is 48.2 Å². The summed E-state index contributed by atoms with van der Waals surface area (Å²) in [5, 5.41) is 15.2. The summed E-state index contributed by atoms with van der Waals surface area (Å²) in [7, 11) is 1.81. The van der Waals surface area contributed by atoms with Crippen molar-refractivity contribution < 1.29 is 28.2 Å². The van der Waals surface area contributed by atoms with Crippen molar-refractivity contribution in [3.63, 3.8) is 0 Å². The lowest BCUT2D eigenvalue weighted by Gasteiger charge is -2.30. The van der Waals surface area contributed by atoms with Crippen LogP contribution >= 0.6 is 0 Å². The monoisotopic (exact) mass is 525 g/mol. The zero-order chi connectivity index (χ0) is 26.9. The first-order chi connectivity index (χ1) is 18.3. The number of amides is 1. The molecular formula is C25H25F2N7O4. The number of H-pyrrole nitrogens is 1. The number of aliphatic hydroxyl groups excluding tert-OH is 1. The molecule has 0 bridgehead atoms. The molecule has 1 atom stereocenters. The number of amidine groups is 1. The van der Waals surface area contributed by atoms with E-state index in [0.29, 0.717) is 12.2 Å². The molecule has 3 aromatic heterocycles. The first kappa shape index (κ1) is 25.1. The maximum Gasteiger partial charge on any atom is 0.289 e. The van der Waals surface area contributed by atoms with Gasteiger partial charge in [-0.2, -0.15) is 0 Å². The van der Waals surface area contributed by atoms with Crippen molar-refractivity contribution in [2.24, 2.45) is 17.5 Å². The van der Waals surface area contributed by atoms with Crippen molar-refractivity contribution in [2.75, 3.05) is 25.1 Å². The average Bonchev–Trinajstić information content (AvgIpc) is 3.53. The standard InChI is InChI=1S/C25H25F2N7O4/c1-25(11-35)10-32-24(37-12-25)33-14-5-17(26)21(18(27)6-14)38-19-3-4-29-22-20(19)16(9-30-22)23(36)31-8-15-7-28-13-34(15)2/h3-7,9,13,35H,8,10-12H2,1-2H3,(H,29,30)(H,31,36)(H,32,33)/t25-/m1/s1. The number of imidazole rings is 1. The van der Waals surface area contributed by atoms with Crippen LogP contribution in [0, 0.1) is 17.0 Å². The largest absolute Gasteiger partial charge is 0.464 e. The number of aromatic nitrogens is 4. The number of anilines is 1. The van der Waals surface area contributed by atoms with Gasteiger partial charge in [0.15, 0.2) is 17.4 Å². The number of hydrogen-bond acceptors (Lipinski definition) is 8. The van der Waals surface area contributed by atoms with Crippen molar-refractivity contribution in [3.8, 4) is 11.5 Å². The van der Waals surface area contributed by atoms with Gasteiger partial charge in [-0.25, -0.2) is 23.7 Å². The summed E-state index contributed by atoms with van der Waals surface area (Å²) in [6.45, 7) is 2.44. The molecule has 0 aliphatic carbocycles. The number of carbonyl (C=O) groups excluding carboxylic acids is 1. The lowest BCUT2D eigenvalue weighted by Crippen LogP contribution is -2.38. The maximum atomic E-state index is 15.0. The Kier molecular flexibility index (Phi) is 6.68. The van der Waals surface area contributed by atoms with E-state index >= 15 is 0 Å². The predicted molar refractivity (Wildman–Crippen MR) is 134 cm³/mol.